The van der Waals surface area contributed by atoms with Crippen molar-refractivity contribution in [3.05, 3.63) is 77.8 Å². The van der Waals surface area contributed by atoms with Crippen molar-refractivity contribution < 1.29 is 14.3 Å². The van der Waals surface area contributed by atoms with E-state index in [9.17, 15) is 4.79 Å². The van der Waals surface area contributed by atoms with E-state index in [0.717, 1.165) is 46.2 Å². The molecule has 0 fully saturated rings. The number of rotatable bonds is 11. The predicted molar refractivity (Wildman–Crippen MR) is 160 cm³/mol. The van der Waals surface area contributed by atoms with Crippen molar-refractivity contribution in [2.45, 2.75) is 84.7 Å². The molecule has 9 nitrogen and oxygen atoms in total. The van der Waals surface area contributed by atoms with Gasteiger partial charge in [0.25, 0.3) is 0 Å². The number of hydrogen-bond acceptors (Lipinski definition) is 6. The van der Waals surface area contributed by atoms with E-state index in [1.807, 2.05) is 60.6 Å². The van der Waals surface area contributed by atoms with Gasteiger partial charge in [0, 0.05) is 51.3 Å². The van der Waals surface area contributed by atoms with E-state index in [-0.39, 0.29) is 0 Å². The molecule has 0 aliphatic rings. The number of nitrogens with zero attached hydrogens (tertiary/aromatic N) is 5. The molecule has 0 aliphatic heterocycles. The number of aryl methyl sites for hydroxylation is 1. The Bertz CT molecular complexity index is 1420. The summed E-state index contributed by atoms with van der Waals surface area (Å²) in [6, 6.07) is 10.8. The number of ether oxygens (including phenoxy) is 2. The Morgan fingerprint density at radius 1 is 1.12 bits per heavy atom. The molecule has 0 saturated heterocycles. The van der Waals surface area contributed by atoms with Crippen LogP contribution in [0.15, 0.2) is 55.1 Å². The average molecular weight is 563 g/mol. The molecule has 0 radical (unpaired) electrons. The molecule has 1 atom stereocenters. The third-order valence-corrected chi connectivity index (χ3v) is 8.08. The molecular weight excluding hydrogens is 520 g/mol. The van der Waals surface area contributed by atoms with Gasteiger partial charge in [-0.2, -0.15) is 5.10 Å². The fraction of sp³-hybridized carbons (Fsp3) is 0.467. The minimum atomic E-state index is -1.14. The third kappa shape index (κ3) is 8.50. The van der Waals surface area contributed by atoms with Crippen LogP contribution in [0.25, 0.3) is 10.9 Å². The number of aromatic nitrogens is 5. The van der Waals surface area contributed by atoms with Crippen molar-refractivity contribution >= 4 is 25.1 Å². The lowest BCUT2D eigenvalue weighted by Gasteiger charge is -2.24. The first-order valence-electron chi connectivity index (χ1n) is 13.8. The Hall–Kier alpha value is -3.50. The number of pyridine rings is 1. The number of carbonyl (C=O) groups is 1. The highest BCUT2D eigenvalue weighted by molar-refractivity contribution is 6.76. The largest absolute Gasteiger partial charge is 0.444 e. The van der Waals surface area contributed by atoms with E-state index >= 15 is 0 Å². The number of alkyl carbamates (subject to hydrolysis) is 1. The molecule has 0 bridgehead atoms. The number of hydrogen-bond donors (Lipinski definition) is 1. The van der Waals surface area contributed by atoms with Gasteiger partial charge < -0.3 is 19.4 Å². The number of fused-ring (bicyclic) bond motifs is 1. The molecule has 3 heterocycles. The fourth-order valence-electron chi connectivity index (χ4n) is 4.48. The van der Waals surface area contributed by atoms with Crippen LogP contribution in [0, 0.1) is 6.92 Å². The van der Waals surface area contributed by atoms with Crippen LogP contribution in [0.1, 0.15) is 49.5 Å². The first-order valence-corrected chi connectivity index (χ1v) is 17.5. The quantitative estimate of drug-likeness (QED) is 0.175. The molecule has 1 aromatic carbocycles. The summed E-state index contributed by atoms with van der Waals surface area (Å²) < 4.78 is 15.4. The molecule has 10 heteroatoms. The van der Waals surface area contributed by atoms with Crippen LogP contribution in [0.4, 0.5) is 4.79 Å². The number of carbonyl (C=O) groups excluding carboxylic acids is 1. The van der Waals surface area contributed by atoms with Crippen LogP contribution < -0.4 is 5.32 Å². The summed E-state index contributed by atoms with van der Waals surface area (Å²) in [4.78, 5) is 22.0. The Kier molecular flexibility index (Phi) is 9.10. The summed E-state index contributed by atoms with van der Waals surface area (Å²) in [7, 11) is -1.14. The Morgan fingerprint density at radius 3 is 2.62 bits per heavy atom. The lowest BCUT2D eigenvalue weighted by atomic mass is 10.0. The zero-order valence-electron chi connectivity index (χ0n) is 24.8. The zero-order valence-corrected chi connectivity index (χ0v) is 25.8. The summed E-state index contributed by atoms with van der Waals surface area (Å²) in [6.45, 7) is 16.4. The van der Waals surface area contributed by atoms with Gasteiger partial charge in [-0.1, -0.05) is 31.8 Å². The van der Waals surface area contributed by atoms with Crippen molar-refractivity contribution in [1.82, 2.24) is 29.6 Å². The van der Waals surface area contributed by atoms with Crippen LogP contribution in [-0.2, 0) is 29.2 Å². The van der Waals surface area contributed by atoms with Crippen molar-refractivity contribution in [2.24, 2.45) is 0 Å². The predicted octanol–water partition coefficient (Wildman–Crippen LogP) is 6.11. The maximum Gasteiger partial charge on any atom is 0.408 e. The number of imidazole rings is 1. The zero-order chi connectivity index (χ0) is 28.9. The second-order valence-electron chi connectivity index (χ2n) is 12.5. The number of benzene rings is 1. The van der Waals surface area contributed by atoms with E-state index in [1.54, 1.807) is 12.4 Å². The molecule has 214 valence electrons. The van der Waals surface area contributed by atoms with Gasteiger partial charge in [0.15, 0.2) is 0 Å². The van der Waals surface area contributed by atoms with Crippen LogP contribution in [0.2, 0.25) is 25.7 Å². The molecule has 0 saturated carbocycles. The van der Waals surface area contributed by atoms with Gasteiger partial charge in [-0.15, -0.1) is 0 Å². The van der Waals surface area contributed by atoms with Gasteiger partial charge in [0.2, 0.25) is 0 Å². The molecule has 1 amide bonds. The smallest absolute Gasteiger partial charge is 0.408 e. The minimum Gasteiger partial charge on any atom is -0.444 e. The lowest BCUT2D eigenvalue weighted by molar-refractivity contribution is 0.0500. The normalized spacial score (nSPS) is 13.0. The lowest BCUT2D eigenvalue weighted by Crippen LogP contribution is -2.37. The SMILES string of the molecule is Cc1cc(CC(NC(=O)OC(C)(C)C)c2nccn2Cc2ccccn2)cc2cn(COCC[Si](C)(C)C)nc12. The number of amides is 1. The molecule has 1 N–H and O–H groups in total. The number of nitrogens with one attached hydrogen (secondary N) is 1. The molecule has 40 heavy (non-hydrogen) atoms. The van der Waals surface area contributed by atoms with Crippen LogP contribution in [-0.4, -0.2) is 50.7 Å². The van der Waals surface area contributed by atoms with Crippen molar-refractivity contribution in [3.63, 3.8) is 0 Å². The molecule has 1 unspecified atom stereocenters. The minimum absolute atomic E-state index is 0.412. The van der Waals surface area contributed by atoms with Crippen molar-refractivity contribution in [3.8, 4) is 0 Å². The maximum atomic E-state index is 12.9. The van der Waals surface area contributed by atoms with Gasteiger partial charge in [0.05, 0.1) is 23.8 Å². The van der Waals surface area contributed by atoms with Gasteiger partial charge in [-0.25, -0.2) is 14.5 Å². The summed E-state index contributed by atoms with van der Waals surface area (Å²) in [5.74, 6) is 0.737. The van der Waals surface area contributed by atoms with Crippen LogP contribution in [0.3, 0.4) is 0 Å². The Labute approximate surface area is 237 Å². The summed E-state index contributed by atoms with van der Waals surface area (Å²) in [6.07, 6.45) is 7.52. The third-order valence-electron chi connectivity index (χ3n) is 6.37. The van der Waals surface area contributed by atoms with Gasteiger partial charge in [-0.05, 0) is 63.1 Å². The molecule has 0 aliphatic carbocycles. The van der Waals surface area contributed by atoms with Crippen molar-refractivity contribution in [1.29, 1.82) is 0 Å². The van der Waals surface area contributed by atoms with E-state index in [4.69, 9.17) is 14.6 Å². The fourth-order valence-corrected chi connectivity index (χ4v) is 5.24. The van der Waals surface area contributed by atoms with Crippen LogP contribution >= 0.6 is 0 Å². The first-order chi connectivity index (χ1) is 18.9. The summed E-state index contributed by atoms with van der Waals surface area (Å²) in [5, 5.41) is 8.86. The van der Waals surface area contributed by atoms with Gasteiger partial charge >= 0.3 is 6.09 Å². The standard InChI is InChI=1S/C30H42N6O3Si/c1-22-16-23(17-24-19-36(34-27(22)24)21-38-14-15-40(5,6)7)18-26(33-29(37)39-30(2,3)4)28-32-12-13-35(28)20-25-10-8-9-11-31-25/h8-13,16-17,19,26H,14-15,18,20-21H2,1-7H3,(H,33,37). The highest BCUT2D eigenvalue weighted by atomic mass is 28.3. The monoisotopic (exact) mass is 562 g/mol. The second kappa shape index (κ2) is 12.3. The maximum absolute atomic E-state index is 12.9. The van der Waals surface area contributed by atoms with E-state index in [0.29, 0.717) is 19.7 Å². The van der Waals surface area contributed by atoms with Gasteiger partial charge in [-0.3, -0.25) is 4.98 Å². The van der Waals surface area contributed by atoms with Crippen LogP contribution in [0.5, 0.6) is 0 Å². The molecule has 0 spiro atoms. The molecule has 4 rings (SSSR count). The Morgan fingerprint density at radius 2 is 1.93 bits per heavy atom. The van der Waals surface area contributed by atoms with Gasteiger partial charge in [0.1, 0.15) is 18.2 Å². The van der Waals surface area contributed by atoms with Crippen molar-refractivity contribution in [2.75, 3.05) is 6.61 Å². The Balaban J connectivity index is 1.57. The van der Waals surface area contributed by atoms with E-state index in [2.05, 4.69) is 54.0 Å². The topological polar surface area (TPSA) is 96.1 Å². The van der Waals surface area contributed by atoms with E-state index in [1.165, 1.54) is 0 Å². The highest BCUT2D eigenvalue weighted by Crippen LogP contribution is 2.25. The molecule has 3 aromatic heterocycles. The van der Waals surface area contributed by atoms with E-state index < -0.39 is 25.8 Å². The second-order valence-corrected chi connectivity index (χ2v) is 18.1. The average Bonchev–Trinajstić information content (AvgIpc) is 3.47. The summed E-state index contributed by atoms with van der Waals surface area (Å²) in [5.41, 5.74) is 3.39. The first kappa shape index (κ1) is 29.5. The summed E-state index contributed by atoms with van der Waals surface area (Å²) >= 11 is 0. The molecule has 4 aromatic rings. The highest BCUT2D eigenvalue weighted by Gasteiger charge is 2.24. The molecular formula is C30H42N6O3Si.